The van der Waals surface area contributed by atoms with Crippen LogP contribution in [0.15, 0.2) is 65.7 Å². The zero-order valence-corrected chi connectivity index (χ0v) is 13.2. The molecule has 0 N–H and O–H groups in total. The van der Waals surface area contributed by atoms with Crippen LogP contribution in [0.4, 0.5) is 0 Å². The van der Waals surface area contributed by atoms with Gasteiger partial charge in [-0.1, -0.05) is 48.0 Å². The fourth-order valence-electron chi connectivity index (χ4n) is 2.35. The van der Waals surface area contributed by atoms with Crippen molar-refractivity contribution in [1.82, 2.24) is 9.78 Å². The Morgan fingerprint density at radius 2 is 1.59 bits per heavy atom. The van der Waals surface area contributed by atoms with Gasteiger partial charge in [0.15, 0.2) is 9.84 Å². The van der Waals surface area contributed by atoms with Gasteiger partial charge in [-0.2, -0.15) is 5.10 Å². The van der Waals surface area contributed by atoms with Crippen molar-refractivity contribution in [2.45, 2.75) is 11.8 Å². The molecule has 0 fully saturated rings. The maximum absolute atomic E-state index is 12.1. The molecular weight excluding hydrogens is 296 g/mol. The van der Waals surface area contributed by atoms with Gasteiger partial charge >= 0.3 is 0 Å². The van der Waals surface area contributed by atoms with Crippen molar-refractivity contribution >= 4 is 9.84 Å². The summed E-state index contributed by atoms with van der Waals surface area (Å²) in [6.45, 7) is 2.00. The zero-order valence-electron chi connectivity index (χ0n) is 12.4. The van der Waals surface area contributed by atoms with Gasteiger partial charge < -0.3 is 0 Å². The van der Waals surface area contributed by atoms with Crippen LogP contribution in [0.25, 0.3) is 16.9 Å². The maximum Gasteiger partial charge on any atom is 0.179 e. The first-order valence-corrected chi connectivity index (χ1v) is 8.76. The monoisotopic (exact) mass is 312 g/mol. The number of aromatic nitrogens is 2. The van der Waals surface area contributed by atoms with E-state index in [2.05, 4.69) is 5.10 Å². The van der Waals surface area contributed by atoms with Crippen LogP contribution in [0.1, 0.15) is 5.56 Å². The molecule has 5 heteroatoms. The van der Waals surface area contributed by atoms with Crippen LogP contribution in [0.3, 0.4) is 0 Å². The van der Waals surface area contributed by atoms with Gasteiger partial charge in [0.2, 0.25) is 0 Å². The van der Waals surface area contributed by atoms with Crippen LogP contribution in [0.5, 0.6) is 0 Å². The third-order valence-electron chi connectivity index (χ3n) is 3.46. The minimum Gasteiger partial charge on any atom is -0.232 e. The van der Waals surface area contributed by atoms with Crippen molar-refractivity contribution < 1.29 is 8.42 Å². The Morgan fingerprint density at radius 1 is 0.955 bits per heavy atom. The normalized spacial score (nSPS) is 11.5. The Balaban J connectivity index is 2.29. The summed E-state index contributed by atoms with van der Waals surface area (Å²) < 4.78 is 25.8. The zero-order chi connectivity index (χ0) is 15.7. The van der Waals surface area contributed by atoms with Gasteiger partial charge in [0.05, 0.1) is 17.6 Å². The average molecular weight is 312 g/mol. The van der Waals surface area contributed by atoms with E-state index < -0.39 is 9.84 Å². The van der Waals surface area contributed by atoms with E-state index >= 15 is 0 Å². The lowest BCUT2D eigenvalue weighted by Crippen LogP contribution is -2.03. The van der Waals surface area contributed by atoms with Gasteiger partial charge in [-0.15, -0.1) is 0 Å². The van der Waals surface area contributed by atoms with Crippen LogP contribution < -0.4 is 0 Å². The van der Waals surface area contributed by atoms with E-state index in [1.807, 2.05) is 61.5 Å². The predicted molar refractivity (Wildman–Crippen MR) is 86.8 cm³/mol. The van der Waals surface area contributed by atoms with Gasteiger partial charge in [-0.3, -0.25) is 0 Å². The molecule has 22 heavy (non-hydrogen) atoms. The minimum atomic E-state index is -3.36. The first-order chi connectivity index (χ1) is 10.5. The van der Waals surface area contributed by atoms with E-state index in [9.17, 15) is 8.42 Å². The molecular formula is C17H16N2O2S. The highest BCUT2D eigenvalue weighted by Gasteiger charge is 2.21. The molecule has 0 aliphatic rings. The molecule has 0 amide bonds. The highest BCUT2D eigenvalue weighted by molar-refractivity contribution is 7.90. The third kappa shape index (κ3) is 2.67. The molecule has 0 saturated heterocycles. The lowest BCUT2D eigenvalue weighted by molar-refractivity contribution is 0.602. The van der Waals surface area contributed by atoms with Crippen molar-refractivity contribution in [1.29, 1.82) is 0 Å². The van der Waals surface area contributed by atoms with E-state index in [1.54, 1.807) is 4.68 Å². The lowest BCUT2D eigenvalue weighted by Gasteiger charge is -2.10. The highest BCUT2D eigenvalue weighted by atomic mass is 32.2. The standard InChI is InChI=1S/C17H16N2O2S/c1-13-8-10-14(11-9-13)17-16(22(2,20)21)12-18-19(17)15-6-4-3-5-7-15/h3-12H,1-2H3. The van der Waals surface area contributed by atoms with E-state index in [4.69, 9.17) is 0 Å². The molecule has 1 aromatic heterocycles. The number of hydrogen-bond donors (Lipinski definition) is 0. The largest absolute Gasteiger partial charge is 0.232 e. The van der Waals surface area contributed by atoms with Gasteiger partial charge in [0.1, 0.15) is 4.90 Å². The molecule has 0 aliphatic carbocycles. The molecule has 0 aliphatic heterocycles. The summed E-state index contributed by atoms with van der Waals surface area (Å²) in [5.74, 6) is 0. The number of aryl methyl sites for hydroxylation is 1. The quantitative estimate of drug-likeness (QED) is 0.746. The molecule has 3 aromatic rings. The maximum atomic E-state index is 12.1. The van der Waals surface area contributed by atoms with Crippen molar-refractivity contribution in [2.75, 3.05) is 6.26 Å². The highest BCUT2D eigenvalue weighted by Crippen LogP contribution is 2.29. The number of nitrogens with zero attached hydrogens (tertiary/aromatic N) is 2. The SMILES string of the molecule is Cc1ccc(-c2c(S(C)(=O)=O)cnn2-c2ccccc2)cc1. The topological polar surface area (TPSA) is 52.0 Å². The summed E-state index contributed by atoms with van der Waals surface area (Å²) in [5.41, 5.74) is 3.37. The van der Waals surface area contributed by atoms with Crippen LogP contribution in [0.2, 0.25) is 0 Å². The second-order valence-corrected chi connectivity index (χ2v) is 7.23. The van der Waals surface area contributed by atoms with Gasteiger partial charge in [0.25, 0.3) is 0 Å². The van der Waals surface area contributed by atoms with Crippen molar-refractivity contribution in [2.24, 2.45) is 0 Å². The molecule has 2 aromatic carbocycles. The van der Waals surface area contributed by atoms with Crippen molar-refractivity contribution in [3.63, 3.8) is 0 Å². The van der Waals surface area contributed by atoms with E-state index in [1.165, 1.54) is 12.5 Å². The number of para-hydroxylation sites is 1. The van der Waals surface area contributed by atoms with Crippen LogP contribution in [-0.2, 0) is 9.84 Å². The lowest BCUT2D eigenvalue weighted by atomic mass is 10.1. The summed E-state index contributed by atoms with van der Waals surface area (Å²) in [6, 6.07) is 17.3. The molecule has 112 valence electrons. The smallest absolute Gasteiger partial charge is 0.179 e. The second-order valence-electron chi connectivity index (χ2n) is 5.24. The fraction of sp³-hybridized carbons (Fsp3) is 0.118. The average Bonchev–Trinajstić information content (AvgIpc) is 2.94. The van der Waals surface area contributed by atoms with E-state index in [-0.39, 0.29) is 4.90 Å². The van der Waals surface area contributed by atoms with Crippen LogP contribution >= 0.6 is 0 Å². The Morgan fingerprint density at radius 3 is 2.18 bits per heavy atom. The summed E-state index contributed by atoms with van der Waals surface area (Å²) >= 11 is 0. The summed E-state index contributed by atoms with van der Waals surface area (Å²) in [4.78, 5) is 0.236. The van der Waals surface area contributed by atoms with E-state index in [0.29, 0.717) is 5.69 Å². The fourth-order valence-corrected chi connectivity index (χ4v) is 3.14. The van der Waals surface area contributed by atoms with Gasteiger partial charge in [-0.25, -0.2) is 13.1 Å². The van der Waals surface area contributed by atoms with Crippen molar-refractivity contribution in [3.8, 4) is 16.9 Å². The van der Waals surface area contributed by atoms with Crippen molar-refractivity contribution in [3.05, 3.63) is 66.4 Å². The van der Waals surface area contributed by atoms with Crippen LogP contribution in [0, 0.1) is 6.92 Å². The minimum absolute atomic E-state index is 0.236. The molecule has 4 nitrogen and oxygen atoms in total. The molecule has 0 unspecified atom stereocenters. The Hall–Kier alpha value is -2.40. The third-order valence-corrected chi connectivity index (χ3v) is 4.56. The number of rotatable bonds is 3. The summed E-state index contributed by atoms with van der Waals surface area (Å²) in [5, 5.41) is 4.29. The molecule has 0 bridgehead atoms. The number of benzene rings is 2. The molecule has 3 rings (SSSR count). The Kier molecular flexibility index (Phi) is 3.58. The van der Waals surface area contributed by atoms with E-state index in [0.717, 1.165) is 16.8 Å². The Bertz CT molecular complexity index is 896. The Labute approximate surface area is 130 Å². The molecule has 0 radical (unpaired) electrons. The molecule has 1 heterocycles. The number of hydrogen-bond acceptors (Lipinski definition) is 3. The molecule has 0 saturated carbocycles. The summed E-state index contributed by atoms with van der Waals surface area (Å²) in [7, 11) is -3.36. The molecule has 0 spiro atoms. The summed E-state index contributed by atoms with van der Waals surface area (Å²) in [6.07, 6.45) is 2.62. The first kappa shape index (κ1) is 14.5. The second kappa shape index (κ2) is 5.42. The number of sulfone groups is 1. The van der Waals surface area contributed by atoms with Crippen LogP contribution in [-0.4, -0.2) is 24.5 Å². The molecule has 0 atom stereocenters. The predicted octanol–water partition coefficient (Wildman–Crippen LogP) is 3.25. The van der Waals surface area contributed by atoms with Gasteiger partial charge in [0, 0.05) is 11.8 Å². The first-order valence-electron chi connectivity index (χ1n) is 6.87. The van der Waals surface area contributed by atoms with Gasteiger partial charge in [-0.05, 0) is 19.1 Å².